The van der Waals surface area contributed by atoms with E-state index < -0.39 is 0 Å². The fourth-order valence-corrected chi connectivity index (χ4v) is 2.19. The average Bonchev–Trinajstić information content (AvgIpc) is 2.46. The Hall–Kier alpha value is -1.10. The normalized spacial score (nSPS) is 20.7. The van der Waals surface area contributed by atoms with Gasteiger partial charge in [0.05, 0.1) is 13.2 Å². The van der Waals surface area contributed by atoms with Crippen LogP contribution in [0.25, 0.3) is 0 Å². The van der Waals surface area contributed by atoms with E-state index in [9.17, 15) is 0 Å². The zero-order chi connectivity index (χ0) is 13.7. The monoisotopic (exact) mass is 265 g/mol. The quantitative estimate of drug-likeness (QED) is 0.879. The van der Waals surface area contributed by atoms with Crippen molar-refractivity contribution in [3.8, 4) is 5.75 Å². The van der Waals surface area contributed by atoms with Crippen LogP contribution in [0.1, 0.15) is 19.4 Å². The molecular formula is C15H23NO3. The summed E-state index contributed by atoms with van der Waals surface area (Å²) in [6.07, 6.45) is 0.133. The highest BCUT2D eigenvalue weighted by atomic mass is 16.5. The molecule has 1 aromatic rings. The summed E-state index contributed by atoms with van der Waals surface area (Å²) in [4.78, 5) is 2.41. The highest BCUT2D eigenvalue weighted by molar-refractivity contribution is 5.26. The molecule has 1 unspecified atom stereocenters. The lowest BCUT2D eigenvalue weighted by Crippen LogP contribution is -2.47. The Morgan fingerprint density at radius 3 is 2.74 bits per heavy atom. The van der Waals surface area contributed by atoms with Gasteiger partial charge in [0.15, 0.2) is 0 Å². The maximum Gasteiger partial charge on any atom is 0.119 e. The fourth-order valence-electron chi connectivity index (χ4n) is 2.19. The third-order valence-corrected chi connectivity index (χ3v) is 3.44. The third-order valence-electron chi connectivity index (χ3n) is 3.44. The summed E-state index contributed by atoms with van der Waals surface area (Å²) >= 11 is 0. The molecule has 4 nitrogen and oxygen atoms in total. The molecule has 4 heteroatoms. The first-order chi connectivity index (χ1) is 9.19. The van der Waals surface area contributed by atoms with Crippen molar-refractivity contribution in [2.75, 3.05) is 26.3 Å². The molecule has 0 saturated carbocycles. The SMILES string of the molecule is CC(C)N1CCOC(COc2ccc(CO)cc2)C1. The van der Waals surface area contributed by atoms with Crippen molar-refractivity contribution in [1.29, 1.82) is 0 Å². The van der Waals surface area contributed by atoms with E-state index in [1.165, 1.54) is 0 Å². The summed E-state index contributed by atoms with van der Waals surface area (Å²) in [5.74, 6) is 0.822. The van der Waals surface area contributed by atoms with Crippen molar-refractivity contribution in [3.63, 3.8) is 0 Å². The molecule has 1 aliphatic heterocycles. The number of nitrogens with zero attached hydrogens (tertiary/aromatic N) is 1. The minimum Gasteiger partial charge on any atom is -0.491 e. The highest BCUT2D eigenvalue weighted by Crippen LogP contribution is 2.14. The topological polar surface area (TPSA) is 41.9 Å². The Morgan fingerprint density at radius 2 is 2.11 bits per heavy atom. The van der Waals surface area contributed by atoms with Crippen molar-refractivity contribution >= 4 is 0 Å². The van der Waals surface area contributed by atoms with Crippen LogP contribution in [0.2, 0.25) is 0 Å². The van der Waals surface area contributed by atoms with Crippen LogP contribution in [0.4, 0.5) is 0 Å². The molecule has 0 aromatic heterocycles. The Balaban J connectivity index is 1.80. The first-order valence-corrected chi connectivity index (χ1v) is 6.87. The minimum absolute atomic E-state index is 0.0648. The highest BCUT2D eigenvalue weighted by Gasteiger charge is 2.22. The maximum absolute atomic E-state index is 8.98. The van der Waals surface area contributed by atoms with E-state index in [-0.39, 0.29) is 12.7 Å². The van der Waals surface area contributed by atoms with Crippen molar-refractivity contribution < 1.29 is 14.6 Å². The Morgan fingerprint density at radius 1 is 1.37 bits per heavy atom. The molecule has 0 radical (unpaired) electrons. The number of rotatable bonds is 5. The summed E-state index contributed by atoms with van der Waals surface area (Å²) < 4.78 is 11.5. The molecule has 1 N–H and O–H groups in total. The number of hydrogen-bond acceptors (Lipinski definition) is 4. The van der Waals surface area contributed by atoms with Gasteiger partial charge in [0, 0.05) is 19.1 Å². The second-order valence-corrected chi connectivity index (χ2v) is 5.19. The van der Waals surface area contributed by atoms with Gasteiger partial charge < -0.3 is 14.6 Å². The maximum atomic E-state index is 8.98. The number of aliphatic hydroxyl groups is 1. The fraction of sp³-hybridized carbons (Fsp3) is 0.600. The standard InChI is InChI=1S/C15H23NO3/c1-12(2)16-7-8-18-15(9-16)11-19-14-5-3-13(10-17)4-6-14/h3-6,12,15,17H,7-11H2,1-2H3. The number of morpholine rings is 1. The predicted molar refractivity (Wildman–Crippen MR) is 74.3 cm³/mol. The Labute approximate surface area is 114 Å². The summed E-state index contributed by atoms with van der Waals surface area (Å²) in [7, 11) is 0. The Bertz CT molecular complexity index is 377. The van der Waals surface area contributed by atoms with Crippen LogP contribution in [-0.4, -0.2) is 48.5 Å². The molecule has 1 heterocycles. The molecule has 1 atom stereocenters. The van der Waals surface area contributed by atoms with Gasteiger partial charge in [0.1, 0.15) is 18.5 Å². The molecule has 1 saturated heterocycles. The summed E-state index contributed by atoms with van der Waals surface area (Å²) in [5, 5.41) is 8.98. The minimum atomic E-state index is 0.0648. The number of benzene rings is 1. The molecule has 0 aliphatic carbocycles. The van der Waals surface area contributed by atoms with Crippen molar-refractivity contribution in [1.82, 2.24) is 4.90 Å². The van der Waals surface area contributed by atoms with E-state index in [1.807, 2.05) is 24.3 Å². The van der Waals surface area contributed by atoms with Crippen LogP contribution in [0.15, 0.2) is 24.3 Å². The van der Waals surface area contributed by atoms with Crippen LogP contribution in [-0.2, 0) is 11.3 Å². The summed E-state index contributed by atoms with van der Waals surface area (Å²) in [6.45, 7) is 7.74. The van der Waals surface area contributed by atoms with Crippen LogP contribution in [0, 0.1) is 0 Å². The average molecular weight is 265 g/mol. The van der Waals surface area contributed by atoms with Gasteiger partial charge in [0.25, 0.3) is 0 Å². The smallest absolute Gasteiger partial charge is 0.119 e. The van der Waals surface area contributed by atoms with E-state index in [4.69, 9.17) is 14.6 Å². The molecule has 2 rings (SSSR count). The second kappa shape index (κ2) is 6.89. The molecule has 1 aromatic carbocycles. The van der Waals surface area contributed by atoms with E-state index in [0.29, 0.717) is 12.6 Å². The van der Waals surface area contributed by atoms with Gasteiger partial charge in [-0.05, 0) is 31.5 Å². The lowest BCUT2D eigenvalue weighted by molar-refractivity contribution is -0.0564. The lowest BCUT2D eigenvalue weighted by Gasteiger charge is -2.35. The molecule has 1 fully saturated rings. The third kappa shape index (κ3) is 4.20. The van der Waals surface area contributed by atoms with Gasteiger partial charge >= 0.3 is 0 Å². The van der Waals surface area contributed by atoms with Gasteiger partial charge in [-0.25, -0.2) is 0 Å². The van der Waals surface area contributed by atoms with E-state index in [0.717, 1.165) is 31.0 Å². The molecule has 0 amide bonds. The predicted octanol–water partition coefficient (Wildman–Crippen LogP) is 1.67. The zero-order valence-corrected chi connectivity index (χ0v) is 11.7. The van der Waals surface area contributed by atoms with Gasteiger partial charge in [-0.3, -0.25) is 4.90 Å². The largest absolute Gasteiger partial charge is 0.491 e. The second-order valence-electron chi connectivity index (χ2n) is 5.19. The molecule has 0 spiro atoms. The number of hydrogen-bond donors (Lipinski definition) is 1. The molecule has 19 heavy (non-hydrogen) atoms. The first kappa shape index (κ1) is 14.3. The van der Waals surface area contributed by atoms with E-state index in [2.05, 4.69) is 18.7 Å². The van der Waals surface area contributed by atoms with Crippen LogP contribution >= 0.6 is 0 Å². The van der Waals surface area contributed by atoms with Crippen molar-refractivity contribution in [2.24, 2.45) is 0 Å². The van der Waals surface area contributed by atoms with Gasteiger partial charge in [0.2, 0.25) is 0 Å². The van der Waals surface area contributed by atoms with Gasteiger partial charge in [-0.2, -0.15) is 0 Å². The van der Waals surface area contributed by atoms with Crippen molar-refractivity contribution in [3.05, 3.63) is 29.8 Å². The van der Waals surface area contributed by atoms with E-state index >= 15 is 0 Å². The van der Waals surface area contributed by atoms with Crippen molar-refractivity contribution in [2.45, 2.75) is 32.6 Å². The first-order valence-electron chi connectivity index (χ1n) is 6.87. The number of aliphatic hydroxyl groups excluding tert-OH is 1. The lowest BCUT2D eigenvalue weighted by atomic mass is 10.2. The molecular weight excluding hydrogens is 242 g/mol. The van der Waals surface area contributed by atoms with Gasteiger partial charge in [-0.1, -0.05) is 12.1 Å². The molecule has 106 valence electrons. The zero-order valence-electron chi connectivity index (χ0n) is 11.7. The van der Waals surface area contributed by atoms with Gasteiger partial charge in [-0.15, -0.1) is 0 Å². The summed E-state index contributed by atoms with van der Waals surface area (Å²) in [6, 6.07) is 8.06. The van der Waals surface area contributed by atoms with Crippen LogP contribution in [0.5, 0.6) is 5.75 Å². The number of ether oxygens (including phenoxy) is 2. The van der Waals surface area contributed by atoms with E-state index in [1.54, 1.807) is 0 Å². The van der Waals surface area contributed by atoms with Crippen LogP contribution < -0.4 is 4.74 Å². The summed E-state index contributed by atoms with van der Waals surface area (Å²) in [5.41, 5.74) is 0.896. The molecule has 1 aliphatic rings. The molecule has 0 bridgehead atoms. The van der Waals surface area contributed by atoms with Crippen LogP contribution in [0.3, 0.4) is 0 Å². The Kier molecular flexibility index (Phi) is 5.19.